The Morgan fingerprint density at radius 2 is 2.29 bits per heavy atom. The van der Waals surface area contributed by atoms with Gasteiger partial charge in [-0.3, -0.25) is 14.7 Å². The molecular weight excluding hydrogens is 216 g/mol. The smallest absolute Gasteiger partial charge is 0.182 e. The van der Waals surface area contributed by atoms with E-state index >= 15 is 0 Å². The summed E-state index contributed by atoms with van der Waals surface area (Å²) in [7, 11) is 1.73. The highest BCUT2D eigenvalue weighted by molar-refractivity contribution is 5.94. The van der Waals surface area contributed by atoms with Crippen LogP contribution in [-0.2, 0) is 4.74 Å². The second-order valence-electron chi connectivity index (χ2n) is 4.51. The molecule has 1 aliphatic rings. The van der Waals surface area contributed by atoms with Crippen molar-refractivity contribution in [2.75, 3.05) is 26.7 Å². The molecule has 1 fully saturated rings. The second kappa shape index (κ2) is 5.38. The van der Waals surface area contributed by atoms with Gasteiger partial charge in [0.25, 0.3) is 0 Å². The zero-order valence-electron chi connectivity index (χ0n) is 10.3. The number of rotatable bonds is 5. The fourth-order valence-corrected chi connectivity index (χ4v) is 1.87. The van der Waals surface area contributed by atoms with Gasteiger partial charge in [0.1, 0.15) is 5.69 Å². The van der Waals surface area contributed by atoms with E-state index in [1.807, 2.05) is 13.0 Å². The number of aromatic nitrogens is 1. The summed E-state index contributed by atoms with van der Waals surface area (Å²) in [4.78, 5) is 18.2. The van der Waals surface area contributed by atoms with Gasteiger partial charge in [0.15, 0.2) is 5.78 Å². The summed E-state index contributed by atoms with van der Waals surface area (Å²) in [6.45, 7) is 4.64. The highest BCUT2D eigenvalue weighted by Crippen LogP contribution is 2.12. The fraction of sp³-hybridized carbons (Fsp3) is 0.538. The number of ether oxygens (including phenoxy) is 1. The van der Waals surface area contributed by atoms with Crippen LogP contribution < -0.4 is 0 Å². The van der Waals surface area contributed by atoms with Crippen molar-refractivity contribution in [1.29, 1.82) is 0 Å². The van der Waals surface area contributed by atoms with Gasteiger partial charge < -0.3 is 4.74 Å². The van der Waals surface area contributed by atoms with Crippen molar-refractivity contribution in [3.8, 4) is 0 Å². The summed E-state index contributed by atoms with van der Waals surface area (Å²) >= 11 is 0. The van der Waals surface area contributed by atoms with E-state index in [0.29, 0.717) is 18.2 Å². The first-order valence-corrected chi connectivity index (χ1v) is 5.90. The number of likely N-dealkylation sites (tertiary alicyclic amines) is 1. The maximum absolute atomic E-state index is 11.8. The number of ketones is 1. The molecule has 2 heterocycles. The Morgan fingerprint density at radius 1 is 1.53 bits per heavy atom. The van der Waals surface area contributed by atoms with Crippen molar-refractivity contribution in [2.45, 2.75) is 19.4 Å². The maximum atomic E-state index is 11.8. The van der Waals surface area contributed by atoms with Crippen molar-refractivity contribution in [3.05, 3.63) is 29.6 Å². The topological polar surface area (TPSA) is 42.4 Å². The van der Waals surface area contributed by atoms with Crippen molar-refractivity contribution >= 4 is 5.78 Å². The molecule has 1 saturated heterocycles. The number of hydrogen-bond donors (Lipinski definition) is 0. The van der Waals surface area contributed by atoms with Gasteiger partial charge in [-0.25, -0.2) is 0 Å². The van der Waals surface area contributed by atoms with Crippen LogP contribution in [0.25, 0.3) is 0 Å². The highest BCUT2D eigenvalue weighted by atomic mass is 16.5. The fourth-order valence-electron chi connectivity index (χ4n) is 1.87. The van der Waals surface area contributed by atoms with Gasteiger partial charge in [0, 0.05) is 39.4 Å². The monoisotopic (exact) mass is 234 g/mol. The molecule has 0 aromatic carbocycles. The average Bonchev–Trinajstić information content (AvgIpc) is 2.28. The Morgan fingerprint density at radius 3 is 2.88 bits per heavy atom. The molecule has 2 rings (SSSR count). The van der Waals surface area contributed by atoms with Crippen LogP contribution in [0.4, 0.5) is 0 Å². The molecule has 17 heavy (non-hydrogen) atoms. The molecule has 0 atom stereocenters. The first kappa shape index (κ1) is 12.2. The average molecular weight is 234 g/mol. The number of pyridine rings is 1. The van der Waals surface area contributed by atoms with Gasteiger partial charge in [0.2, 0.25) is 0 Å². The van der Waals surface area contributed by atoms with E-state index in [0.717, 1.165) is 25.2 Å². The van der Waals surface area contributed by atoms with E-state index in [-0.39, 0.29) is 5.78 Å². The molecule has 0 bridgehead atoms. The SMILES string of the molecule is COC1CN(CCC(=O)c2ccc(C)cn2)C1. The Kier molecular flexibility index (Phi) is 3.86. The zero-order valence-corrected chi connectivity index (χ0v) is 10.3. The van der Waals surface area contributed by atoms with Crippen molar-refractivity contribution in [2.24, 2.45) is 0 Å². The Bertz CT molecular complexity index is 383. The first-order chi connectivity index (χ1) is 8.19. The molecule has 0 radical (unpaired) electrons. The number of carbonyl (C=O) groups excluding carboxylic acids is 1. The minimum absolute atomic E-state index is 0.117. The number of hydrogen-bond acceptors (Lipinski definition) is 4. The van der Waals surface area contributed by atoms with E-state index in [1.54, 1.807) is 19.4 Å². The zero-order chi connectivity index (χ0) is 12.3. The van der Waals surface area contributed by atoms with Gasteiger partial charge in [-0.1, -0.05) is 6.07 Å². The van der Waals surface area contributed by atoms with Crippen molar-refractivity contribution in [1.82, 2.24) is 9.88 Å². The number of methoxy groups -OCH3 is 1. The Labute approximate surface area is 102 Å². The minimum Gasteiger partial charge on any atom is -0.379 e. The number of carbonyl (C=O) groups is 1. The van der Waals surface area contributed by atoms with Crippen LogP contribution >= 0.6 is 0 Å². The van der Waals surface area contributed by atoms with E-state index in [4.69, 9.17) is 4.74 Å². The third-order valence-electron chi connectivity index (χ3n) is 3.11. The summed E-state index contributed by atoms with van der Waals surface area (Å²) in [5.74, 6) is 0.117. The van der Waals surface area contributed by atoms with E-state index < -0.39 is 0 Å². The van der Waals surface area contributed by atoms with Gasteiger partial charge >= 0.3 is 0 Å². The molecule has 1 aromatic rings. The molecule has 1 aliphatic heterocycles. The summed E-state index contributed by atoms with van der Waals surface area (Å²) in [5, 5.41) is 0. The molecule has 0 unspecified atom stereocenters. The van der Waals surface area contributed by atoms with E-state index in [2.05, 4.69) is 9.88 Å². The van der Waals surface area contributed by atoms with Gasteiger partial charge in [-0.05, 0) is 18.6 Å². The first-order valence-electron chi connectivity index (χ1n) is 5.90. The number of Topliss-reactive ketones (excluding diaryl/α,β-unsaturated/α-hetero) is 1. The van der Waals surface area contributed by atoms with Gasteiger partial charge in [-0.2, -0.15) is 0 Å². The molecular formula is C13H18N2O2. The van der Waals surface area contributed by atoms with Gasteiger partial charge in [-0.15, -0.1) is 0 Å². The number of nitrogens with zero attached hydrogens (tertiary/aromatic N) is 2. The molecule has 0 saturated carbocycles. The van der Waals surface area contributed by atoms with Crippen LogP contribution in [0.3, 0.4) is 0 Å². The molecule has 92 valence electrons. The molecule has 0 amide bonds. The summed E-state index contributed by atoms with van der Waals surface area (Å²) in [6.07, 6.45) is 2.62. The lowest BCUT2D eigenvalue weighted by Gasteiger charge is -2.37. The van der Waals surface area contributed by atoms with Crippen LogP contribution in [0.5, 0.6) is 0 Å². The molecule has 1 aromatic heterocycles. The highest BCUT2D eigenvalue weighted by Gasteiger charge is 2.26. The standard InChI is InChI=1S/C13H18N2O2/c1-10-3-4-12(14-7-10)13(16)5-6-15-8-11(9-15)17-2/h3-4,7,11H,5-6,8-9H2,1-2H3. The third kappa shape index (κ3) is 3.11. The second-order valence-corrected chi connectivity index (χ2v) is 4.51. The van der Waals surface area contributed by atoms with Crippen LogP contribution in [0, 0.1) is 6.92 Å². The van der Waals surface area contributed by atoms with Gasteiger partial charge in [0.05, 0.1) is 6.10 Å². The van der Waals surface area contributed by atoms with Crippen LogP contribution in [0.1, 0.15) is 22.5 Å². The normalized spacial score (nSPS) is 16.8. The maximum Gasteiger partial charge on any atom is 0.182 e. The van der Waals surface area contributed by atoms with E-state index in [9.17, 15) is 4.79 Å². The number of aryl methyl sites for hydroxylation is 1. The van der Waals surface area contributed by atoms with Crippen LogP contribution in [0.2, 0.25) is 0 Å². The lowest BCUT2D eigenvalue weighted by molar-refractivity contribution is -0.0287. The predicted molar refractivity (Wildman–Crippen MR) is 65.2 cm³/mol. The van der Waals surface area contributed by atoms with Crippen LogP contribution in [-0.4, -0.2) is 48.5 Å². The summed E-state index contributed by atoms with van der Waals surface area (Å²) < 4.78 is 5.18. The molecule has 4 nitrogen and oxygen atoms in total. The van der Waals surface area contributed by atoms with Crippen LogP contribution in [0.15, 0.2) is 18.3 Å². The minimum atomic E-state index is 0.117. The quantitative estimate of drug-likeness (QED) is 0.720. The van der Waals surface area contributed by atoms with Crippen molar-refractivity contribution in [3.63, 3.8) is 0 Å². The molecule has 4 heteroatoms. The third-order valence-corrected chi connectivity index (χ3v) is 3.11. The lowest BCUT2D eigenvalue weighted by atomic mass is 10.1. The largest absolute Gasteiger partial charge is 0.379 e. The van der Waals surface area contributed by atoms with Crippen molar-refractivity contribution < 1.29 is 9.53 Å². The Hall–Kier alpha value is -1.26. The summed E-state index contributed by atoms with van der Waals surface area (Å²) in [5.41, 5.74) is 1.65. The lowest BCUT2D eigenvalue weighted by Crippen LogP contribution is -2.52. The van der Waals surface area contributed by atoms with E-state index in [1.165, 1.54) is 0 Å². The molecule has 0 N–H and O–H groups in total. The molecule has 0 spiro atoms. The predicted octanol–water partition coefficient (Wildman–Crippen LogP) is 1.29. The summed E-state index contributed by atoms with van der Waals surface area (Å²) in [6, 6.07) is 3.72. The molecule has 0 aliphatic carbocycles. The Balaban J connectivity index is 1.76.